The number of aromatic amines is 1. The molecule has 0 fully saturated rings. The van der Waals surface area contributed by atoms with Gasteiger partial charge in [0.25, 0.3) is 0 Å². The summed E-state index contributed by atoms with van der Waals surface area (Å²) in [5.74, 6) is 1.11. The van der Waals surface area contributed by atoms with E-state index in [1.165, 1.54) is 13.3 Å². The Morgan fingerprint density at radius 1 is 1.16 bits per heavy atom. The Morgan fingerprint density at radius 3 is 2.84 bits per heavy atom. The Morgan fingerprint density at radius 2 is 2.00 bits per heavy atom. The molecule has 3 aromatic rings. The van der Waals surface area contributed by atoms with Crippen molar-refractivity contribution in [1.29, 1.82) is 0 Å². The largest absolute Gasteiger partial charge is 0.325 e. The summed E-state index contributed by atoms with van der Waals surface area (Å²) in [4.78, 5) is 12.1. The van der Waals surface area contributed by atoms with E-state index in [-0.39, 0.29) is 0 Å². The zero-order valence-electron chi connectivity index (χ0n) is 10.1. The van der Waals surface area contributed by atoms with Crippen LogP contribution in [0.25, 0.3) is 10.9 Å². The van der Waals surface area contributed by atoms with Crippen molar-refractivity contribution >= 4 is 22.5 Å². The maximum absolute atomic E-state index is 13.2. The predicted octanol–water partition coefficient (Wildman–Crippen LogP) is 2.52. The van der Waals surface area contributed by atoms with Crippen molar-refractivity contribution in [2.45, 2.75) is 13.1 Å². The zero-order valence-corrected chi connectivity index (χ0v) is 10.1. The summed E-state index contributed by atoms with van der Waals surface area (Å²) in [6, 6.07) is 3.37. The van der Waals surface area contributed by atoms with Crippen LogP contribution in [0.15, 0.2) is 30.9 Å². The minimum atomic E-state index is -1.13. The zero-order chi connectivity index (χ0) is 13.2. The van der Waals surface area contributed by atoms with Gasteiger partial charge >= 0.3 is 0 Å². The van der Waals surface area contributed by atoms with E-state index in [0.717, 1.165) is 10.9 Å². The molecular formula is C12H11FN6. The van der Waals surface area contributed by atoms with E-state index in [1.54, 1.807) is 18.5 Å². The first-order valence-electron chi connectivity index (χ1n) is 5.74. The second kappa shape index (κ2) is 4.60. The molecule has 0 aromatic carbocycles. The van der Waals surface area contributed by atoms with E-state index in [0.29, 0.717) is 17.3 Å². The van der Waals surface area contributed by atoms with E-state index in [1.807, 2.05) is 6.07 Å². The van der Waals surface area contributed by atoms with Gasteiger partial charge in [0, 0.05) is 23.7 Å². The van der Waals surface area contributed by atoms with Gasteiger partial charge in [0.1, 0.15) is 24.1 Å². The number of hydrogen-bond donors (Lipinski definition) is 2. The molecule has 0 aliphatic carbocycles. The van der Waals surface area contributed by atoms with Gasteiger partial charge in [-0.3, -0.25) is 5.10 Å². The third-order valence-electron chi connectivity index (χ3n) is 2.68. The smallest absolute Gasteiger partial charge is 0.139 e. The number of alkyl halides is 1. The molecule has 2 N–H and O–H groups in total. The van der Waals surface area contributed by atoms with Gasteiger partial charge in [0.15, 0.2) is 0 Å². The predicted molar refractivity (Wildman–Crippen MR) is 68.7 cm³/mol. The lowest BCUT2D eigenvalue weighted by atomic mass is 10.3. The van der Waals surface area contributed by atoms with Crippen LogP contribution in [0, 0.1) is 0 Å². The lowest BCUT2D eigenvalue weighted by Crippen LogP contribution is -1.99. The minimum Gasteiger partial charge on any atom is -0.325 e. The molecule has 19 heavy (non-hydrogen) atoms. The van der Waals surface area contributed by atoms with Gasteiger partial charge in [-0.1, -0.05) is 0 Å². The van der Waals surface area contributed by atoms with Gasteiger partial charge < -0.3 is 5.32 Å². The first-order chi connectivity index (χ1) is 9.22. The summed E-state index contributed by atoms with van der Waals surface area (Å²) in [7, 11) is 0. The number of H-pyrrole nitrogens is 1. The highest BCUT2D eigenvalue weighted by atomic mass is 19.1. The highest BCUT2D eigenvalue weighted by Gasteiger charge is 2.07. The molecule has 0 aliphatic heterocycles. The lowest BCUT2D eigenvalue weighted by Gasteiger charge is -2.06. The average molecular weight is 258 g/mol. The molecule has 3 heterocycles. The fourth-order valence-electron chi connectivity index (χ4n) is 1.69. The number of nitrogens with one attached hydrogen (secondary N) is 2. The molecule has 1 unspecified atom stereocenters. The van der Waals surface area contributed by atoms with Crippen molar-refractivity contribution in [1.82, 2.24) is 25.1 Å². The first-order valence-corrected chi connectivity index (χ1v) is 5.74. The van der Waals surface area contributed by atoms with Gasteiger partial charge in [0.2, 0.25) is 0 Å². The molecule has 0 amide bonds. The highest BCUT2D eigenvalue weighted by molar-refractivity contribution is 5.79. The van der Waals surface area contributed by atoms with Crippen molar-refractivity contribution in [3.63, 3.8) is 0 Å². The van der Waals surface area contributed by atoms with Crippen molar-refractivity contribution in [2.24, 2.45) is 0 Å². The molecule has 96 valence electrons. The van der Waals surface area contributed by atoms with Gasteiger partial charge in [-0.15, -0.1) is 0 Å². The quantitative estimate of drug-likeness (QED) is 0.754. The molecule has 0 saturated carbocycles. The second-order valence-electron chi connectivity index (χ2n) is 4.10. The fraction of sp³-hybridized carbons (Fsp3) is 0.167. The molecule has 6 nitrogen and oxygen atoms in total. The number of anilines is 2. The lowest BCUT2D eigenvalue weighted by molar-refractivity contribution is 0.365. The topological polar surface area (TPSA) is 79.4 Å². The summed E-state index contributed by atoms with van der Waals surface area (Å²) in [6.45, 7) is 1.43. The maximum Gasteiger partial charge on any atom is 0.139 e. The van der Waals surface area contributed by atoms with Crippen molar-refractivity contribution < 1.29 is 4.39 Å². The van der Waals surface area contributed by atoms with Crippen LogP contribution in [0.2, 0.25) is 0 Å². The summed E-state index contributed by atoms with van der Waals surface area (Å²) < 4.78 is 13.2. The van der Waals surface area contributed by atoms with Crippen LogP contribution in [0.4, 0.5) is 16.0 Å². The van der Waals surface area contributed by atoms with Crippen LogP contribution in [-0.2, 0) is 0 Å². The van der Waals surface area contributed by atoms with Crippen LogP contribution in [-0.4, -0.2) is 25.1 Å². The molecule has 0 aliphatic rings. The summed E-state index contributed by atoms with van der Waals surface area (Å²) in [5, 5.41) is 10.7. The molecule has 1 atom stereocenters. The fourth-order valence-corrected chi connectivity index (χ4v) is 1.69. The average Bonchev–Trinajstić information content (AvgIpc) is 2.86. The monoisotopic (exact) mass is 258 g/mol. The Hall–Kier alpha value is -2.57. The van der Waals surface area contributed by atoms with Crippen molar-refractivity contribution in [2.75, 3.05) is 5.32 Å². The molecule has 0 radical (unpaired) electrons. The SMILES string of the molecule is CC(F)c1cc(Nc2cc3[nH]ncc3cn2)ncn1. The third kappa shape index (κ3) is 2.35. The van der Waals surface area contributed by atoms with Crippen LogP contribution in [0.1, 0.15) is 18.8 Å². The molecule has 7 heteroatoms. The normalized spacial score (nSPS) is 12.5. The molecule has 0 bridgehead atoms. The number of nitrogens with zero attached hydrogens (tertiary/aromatic N) is 4. The summed E-state index contributed by atoms with van der Waals surface area (Å²) >= 11 is 0. The van der Waals surface area contributed by atoms with Crippen LogP contribution < -0.4 is 5.32 Å². The molecular weight excluding hydrogens is 247 g/mol. The van der Waals surface area contributed by atoms with Gasteiger partial charge in [-0.25, -0.2) is 19.3 Å². The number of pyridine rings is 1. The standard InChI is InChI=1S/C12H11FN6/c1-7(13)9-2-12(16-6-15-9)18-11-3-10-8(4-14-11)5-17-19-10/h2-7H,1H3,(H,17,19)(H,14,15,16,18). The maximum atomic E-state index is 13.2. The van der Waals surface area contributed by atoms with E-state index >= 15 is 0 Å². The van der Waals surface area contributed by atoms with Crippen LogP contribution in [0.3, 0.4) is 0 Å². The number of hydrogen-bond acceptors (Lipinski definition) is 5. The van der Waals surface area contributed by atoms with Gasteiger partial charge in [0.05, 0.1) is 17.4 Å². The Kier molecular flexibility index (Phi) is 2.79. The van der Waals surface area contributed by atoms with Crippen LogP contribution >= 0.6 is 0 Å². The van der Waals surface area contributed by atoms with E-state index < -0.39 is 6.17 Å². The Bertz CT molecular complexity index is 708. The Labute approximate surface area is 108 Å². The molecule has 0 spiro atoms. The summed E-state index contributed by atoms with van der Waals surface area (Å²) in [6.07, 6.45) is 3.58. The number of fused-ring (bicyclic) bond motifs is 1. The van der Waals surface area contributed by atoms with E-state index in [4.69, 9.17) is 0 Å². The minimum absolute atomic E-state index is 0.333. The van der Waals surface area contributed by atoms with Crippen molar-refractivity contribution in [3.05, 3.63) is 36.5 Å². The second-order valence-corrected chi connectivity index (χ2v) is 4.10. The first kappa shape index (κ1) is 11.5. The van der Waals surface area contributed by atoms with E-state index in [9.17, 15) is 4.39 Å². The number of halogens is 1. The van der Waals surface area contributed by atoms with Gasteiger partial charge in [-0.2, -0.15) is 5.10 Å². The number of aromatic nitrogens is 5. The Balaban J connectivity index is 1.89. The summed E-state index contributed by atoms with van der Waals surface area (Å²) in [5.41, 5.74) is 1.20. The highest BCUT2D eigenvalue weighted by Crippen LogP contribution is 2.19. The molecule has 3 rings (SSSR count). The molecule has 3 aromatic heterocycles. The van der Waals surface area contributed by atoms with E-state index in [2.05, 4.69) is 30.5 Å². The van der Waals surface area contributed by atoms with Crippen LogP contribution in [0.5, 0.6) is 0 Å². The number of rotatable bonds is 3. The van der Waals surface area contributed by atoms with Gasteiger partial charge in [-0.05, 0) is 6.92 Å². The van der Waals surface area contributed by atoms with Crippen molar-refractivity contribution in [3.8, 4) is 0 Å². The molecule has 0 saturated heterocycles. The third-order valence-corrected chi connectivity index (χ3v) is 2.68.